The summed E-state index contributed by atoms with van der Waals surface area (Å²) in [6, 6.07) is 19.4. The second-order valence-corrected chi connectivity index (χ2v) is 7.69. The van der Waals surface area contributed by atoms with Crippen LogP contribution in [-0.2, 0) is 6.42 Å². The highest BCUT2D eigenvalue weighted by atomic mass is 16.5. The average molecular weight is 348 g/mol. The van der Waals surface area contributed by atoms with Gasteiger partial charge in [-0.15, -0.1) is 0 Å². The predicted molar refractivity (Wildman–Crippen MR) is 109 cm³/mol. The Kier molecular flexibility index (Phi) is 5.45. The Morgan fingerprint density at radius 3 is 1.81 bits per heavy atom. The van der Waals surface area contributed by atoms with E-state index in [1.807, 2.05) is 0 Å². The van der Waals surface area contributed by atoms with Gasteiger partial charge in [0.2, 0.25) is 0 Å². The fraction of sp³-hybridized carbons (Fsp3) is 0.333. The first-order valence-corrected chi connectivity index (χ1v) is 9.39. The van der Waals surface area contributed by atoms with Crippen LogP contribution < -0.4 is 0 Å². The molecule has 2 heteroatoms. The first-order chi connectivity index (χ1) is 12.4. The van der Waals surface area contributed by atoms with Crippen LogP contribution in [0.1, 0.15) is 56.2 Å². The van der Waals surface area contributed by atoms with Gasteiger partial charge in [0.05, 0.1) is 0 Å². The molecule has 3 rings (SSSR count). The summed E-state index contributed by atoms with van der Waals surface area (Å²) in [6.45, 7) is 8.65. The standard InChI is InChI=1S/C24H28O2/c1-15(2)21-12-20(13-22(16(3)4)23(21)14-24(25)26)19-10-9-17-7-5-6-8-18(17)11-19/h5-13,15-16,24-26H,14H2,1-4H3. The maximum Gasteiger partial charge on any atom is 0.155 e. The SMILES string of the molecule is CC(C)c1cc(-c2ccc3ccccc3c2)cc(C(C)C)c1CC(O)O. The quantitative estimate of drug-likeness (QED) is 0.589. The highest BCUT2D eigenvalue weighted by Crippen LogP contribution is 2.35. The van der Waals surface area contributed by atoms with Crippen LogP contribution in [0.4, 0.5) is 0 Å². The van der Waals surface area contributed by atoms with Crippen molar-refractivity contribution in [3.05, 3.63) is 71.3 Å². The van der Waals surface area contributed by atoms with Crippen LogP contribution in [0, 0.1) is 0 Å². The van der Waals surface area contributed by atoms with E-state index in [4.69, 9.17) is 0 Å². The Bertz CT molecular complexity index is 878. The summed E-state index contributed by atoms with van der Waals surface area (Å²) in [4.78, 5) is 0. The van der Waals surface area contributed by atoms with Crippen molar-refractivity contribution in [1.82, 2.24) is 0 Å². The summed E-state index contributed by atoms with van der Waals surface area (Å²) in [5.41, 5.74) is 5.87. The molecule has 136 valence electrons. The number of hydrogen-bond acceptors (Lipinski definition) is 2. The summed E-state index contributed by atoms with van der Waals surface area (Å²) in [5, 5.41) is 21.6. The number of rotatable bonds is 5. The number of hydrogen-bond donors (Lipinski definition) is 2. The maximum atomic E-state index is 9.58. The van der Waals surface area contributed by atoms with Crippen LogP contribution in [0.25, 0.3) is 21.9 Å². The lowest BCUT2D eigenvalue weighted by Gasteiger charge is -2.22. The molecule has 3 aromatic rings. The molecule has 0 aromatic heterocycles. The van der Waals surface area contributed by atoms with Gasteiger partial charge in [0.1, 0.15) is 0 Å². The van der Waals surface area contributed by atoms with Gasteiger partial charge >= 0.3 is 0 Å². The third kappa shape index (κ3) is 3.82. The Morgan fingerprint density at radius 2 is 1.27 bits per heavy atom. The molecule has 2 N–H and O–H groups in total. The molecule has 2 nitrogen and oxygen atoms in total. The van der Waals surface area contributed by atoms with Crippen molar-refractivity contribution in [1.29, 1.82) is 0 Å². The Balaban J connectivity index is 2.20. The molecule has 26 heavy (non-hydrogen) atoms. The van der Waals surface area contributed by atoms with E-state index in [0.717, 1.165) is 5.56 Å². The van der Waals surface area contributed by atoms with E-state index in [2.05, 4.69) is 82.3 Å². The van der Waals surface area contributed by atoms with E-state index in [-0.39, 0.29) is 6.42 Å². The molecule has 0 saturated carbocycles. The normalized spacial score (nSPS) is 11.9. The van der Waals surface area contributed by atoms with Gasteiger partial charge in [-0.2, -0.15) is 0 Å². The Labute approximate surface area is 156 Å². The number of benzene rings is 3. The van der Waals surface area contributed by atoms with Crippen molar-refractivity contribution in [2.24, 2.45) is 0 Å². The topological polar surface area (TPSA) is 40.5 Å². The summed E-state index contributed by atoms with van der Waals surface area (Å²) < 4.78 is 0. The first-order valence-electron chi connectivity index (χ1n) is 9.39. The molecule has 0 atom stereocenters. The number of aliphatic hydroxyl groups excluding tert-OH is 1. The summed E-state index contributed by atoms with van der Waals surface area (Å²) in [7, 11) is 0. The monoisotopic (exact) mass is 348 g/mol. The molecule has 0 aliphatic carbocycles. The van der Waals surface area contributed by atoms with Gasteiger partial charge in [-0.05, 0) is 56.5 Å². The lowest BCUT2D eigenvalue weighted by Crippen LogP contribution is -2.14. The molecule has 0 radical (unpaired) electrons. The van der Waals surface area contributed by atoms with E-state index in [1.54, 1.807) is 0 Å². The van der Waals surface area contributed by atoms with E-state index in [1.165, 1.54) is 33.0 Å². The third-order valence-corrected chi connectivity index (χ3v) is 5.03. The van der Waals surface area contributed by atoms with Crippen molar-refractivity contribution < 1.29 is 10.2 Å². The molecular weight excluding hydrogens is 320 g/mol. The van der Waals surface area contributed by atoms with E-state index in [9.17, 15) is 10.2 Å². The molecule has 0 saturated heterocycles. The molecule has 0 aliphatic heterocycles. The van der Waals surface area contributed by atoms with Crippen LogP contribution in [-0.4, -0.2) is 16.5 Å². The first kappa shape index (κ1) is 18.6. The van der Waals surface area contributed by atoms with E-state index >= 15 is 0 Å². The van der Waals surface area contributed by atoms with Crippen molar-refractivity contribution in [3.63, 3.8) is 0 Å². The molecule has 0 spiro atoms. The molecule has 0 heterocycles. The second kappa shape index (κ2) is 7.61. The zero-order valence-corrected chi connectivity index (χ0v) is 16.0. The fourth-order valence-corrected chi connectivity index (χ4v) is 3.70. The fourth-order valence-electron chi connectivity index (χ4n) is 3.70. The lowest BCUT2D eigenvalue weighted by atomic mass is 9.83. The van der Waals surface area contributed by atoms with Crippen molar-refractivity contribution in [3.8, 4) is 11.1 Å². The minimum absolute atomic E-state index is 0.277. The van der Waals surface area contributed by atoms with Gasteiger partial charge in [0.25, 0.3) is 0 Å². The minimum atomic E-state index is -1.32. The van der Waals surface area contributed by atoms with Crippen molar-refractivity contribution in [2.45, 2.75) is 52.2 Å². The molecule has 3 aromatic carbocycles. The van der Waals surface area contributed by atoms with Gasteiger partial charge in [-0.1, -0.05) is 76.2 Å². The van der Waals surface area contributed by atoms with Crippen LogP contribution in [0.15, 0.2) is 54.6 Å². The van der Waals surface area contributed by atoms with Crippen molar-refractivity contribution in [2.75, 3.05) is 0 Å². The van der Waals surface area contributed by atoms with Gasteiger partial charge in [-0.25, -0.2) is 0 Å². The van der Waals surface area contributed by atoms with Gasteiger partial charge < -0.3 is 10.2 Å². The molecule has 0 fully saturated rings. The zero-order valence-electron chi connectivity index (χ0n) is 16.0. The zero-order chi connectivity index (χ0) is 18.8. The predicted octanol–water partition coefficient (Wildman–Crippen LogP) is 5.61. The van der Waals surface area contributed by atoms with Crippen LogP contribution >= 0.6 is 0 Å². The highest BCUT2D eigenvalue weighted by Gasteiger charge is 2.18. The molecule has 0 aliphatic rings. The molecule has 0 amide bonds. The van der Waals surface area contributed by atoms with Crippen molar-refractivity contribution >= 4 is 10.8 Å². The van der Waals surface area contributed by atoms with Crippen LogP contribution in [0.5, 0.6) is 0 Å². The second-order valence-electron chi connectivity index (χ2n) is 7.69. The van der Waals surface area contributed by atoms with Gasteiger partial charge in [0, 0.05) is 6.42 Å². The van der Waals surface area contributed by atoms with Crippen LogP contribution in [0.2, 0.25) is 0 Å². The van der Waals surface area contributed by atoms with Crippen LogP contribution in [0.3, 0.4) is 0 Å². The lowest BCUT2D eigenvalue weighted by molar-refractivity contribution is -0.0384. The summed E-state index contributed by atoms with van der Waals surface area (Å²) >= 11 is 0. The summed E-state index contributed by atoms with van der Waals surface area (Å²) in [5.74, 6) is 0.642. The highest BCUT2D eigenvalue weighted by molar-refractivity contribution is 5.87. The van der Waals surface area contributed by atoms with Gasteiger partial charge in [0.15, 0.2) is 6.29 Å². The Morgan fingerprint density at radius 1 is 0.692 bits per heavy atom. The molecule has 0 bridgehead atoms. The summed E-state index contributed by atoms with van der Waals surface area (Å²) in [6.07, 6.45) is -1.05. The smallest absolute Gasteiger partial charge is 0.155 e. The van der Waals surface area contributed by atoms with E-state index < -0.39 is 6.29 Å². The molecule has 0 unspecified atom stereocenters. The Hall–Kier alpha value is -2.16. The largest absolute Gasteiger partial charge is 0.368 e. The molecular formula is C24H28O2. The third-order valence-electron chi connectivity index (χ3n) is 5.03. The van der Waals surface area contributed by atoms with E-state index in [0.29, 0.717) is 11.8 Å². The number of fused-ring (bicyclic) bond motifs is 1. The minimum Gasteiger partial charge on any atom is -0.368 e. The maximum absolute atomic E-state index is 9.58. The van der Waals surface area contributed by atoms with Gasteiger partial charge in [-0.3, -0.25) is 0 Å². The number of aliphatic hydroxyl groups is 2. The average Bonchev–Trinajstić information content (AvgIpc) is 2.60.